The van der Waals surface area contributed by atoms with Gasteiger partial charge in [0.15, 0.2) is 0 Å². The number of fused-ring (bicyclic) bond motifs is 4. The lowest BCUT2D eigenvalue weighted by atomic mass is 9.84. The van der Waals surface area contributed by atoms with Crippen LogP contribution in [0.15, 0.2) is 186 Å². The Hall–Kier alpha value is -6.25. The van der Waals surface area contributed by atoms with Gasteiger partial charge in [-0.05, 0) is 75.9 Å². The zero-order chi connectivity index (χ0) is 33.6. The Morgan fingerprint density at radius 2 is 1.02 bits per heavy atom. The fourth-order valence-corrected chi connectivity index (χ4v) is 7.61. The summed E-state index contributed by atoms with van der Waals surface area (Å²) in [7, 11) is 0. The first-order valence-electron chi connectivity index (χ1n) is 17.4. The van der Waals surface area contributed by atoms with E-state index in [0.29, 0.717) is 0 Å². The number of rotatable bonds is 5. The molecule has 9 rings (SSSR count). The third-order valence-corrected chi connectivity index (χ3v) is 10.4. The number of benzene rings is 7. The van der Waals surface area contributed by atoms with Gasteiger partial charge in [0, 0.05) is 33.5 Å². The van der Waals surface area contributed by atoms with Crippen LogP contribution in [0.2, 0.25) is 0 Å². The van der Waals surface area contributed by atoms with Gasteiger partial charge in [0.1, 0.15) is 0 Å². The molecule has 0 spiro atoms. The molecule has 1 aromatic heterocycles. The topological polar surface area (TPSA) is 17.3 Å². The Balaban J connectivity index is 1.09. The van der Waals surface area contributed by atoms with Gasteiger partial charge in [-0.25, -0.2) is 4.99 Å². The van der Waals surface area contributed by atoms with E-state index in [9.17, 15) is 0 Å². The highest BCUT2D eigenvalue weighted by Gasteiger charge is 2.23. The van der Waals surface area contributed by atoms with Crippen molar-refractivity contribution in [2.75, 3.05) is 0 Å². The highest BCUT2D eigenvalue weighted by atomic mass is 15.0. The maximum absolute atomic E-state index is 5.41. The van der Waals surface area contributed by atoms with Crippen molar-refractivity contribution < 1.29 is 0 Å². The number of hydrogen-bond acceptors (Lipinski definition) is 1. The van der Waals surface area contributed by atoms with Crippen LogP contribution in [-0.2, 0) is 0 Å². The number of para-hydroxylation sites is 2. The Morgan fingerprint density at radius 1 is 0.480 bits per heavy atom. The van der Waals surface area contributed by atoms with Gasteiger partial charge in [0.05, 0.1) is 22.4 Å². The second-order valence-corrected chi connectivity index (χ2v) is 13.2. The fourth-order valence-electron chi connectivity index (χ4n) is 7.61. The van der Waals surface area contributed by atoms with Crippen molar-refractivity contribution in [3.05, 3.63) is 198 Å². The molecule has 0 bridgehead atoms. The minimum Gasteiger partial charge on any atom is -0.309 e. The fraction of sp³-hybridized carbons (Fsp3) is 0.0625. The molecule has 50 heavy (non-hydrogen) atoms. The number of aromatic nitrogens is 1. The molecule has 0 fully saturated rings. The predicted octanol–water partition coefficient (Wildman–Crippen LogP) is 12.6. The minimum absolute atomic E-state index is 0.175. The lowest BCUT2D eigenvalue weighted by Gasteiger charge is -2.19. The minimum atomic E-state index is 0.175. The molecule has 2 heterocycles. The van der Waals surface area contributed by atoms with Gasteiger partial charge in [-0.3, -0.25) is 0 Å². The molecule has 238 valence electrons. The summed E-state index contributed by atoms with van der Waals surface area (Å²) in [6.07, 6.45) is 2.31. The van der Waals surface area contributed by atoms with Crippen molar-refractivity contribution in [2.24, 2.45) is 10.9 Å². The Labute approximate surface area is 293 Å². The molecule has 0 aliphatic carbocycles. The maximum Gasteiger partial charge on any atom is 0.0712 e. The van der Waals surface area contributed by atoms with E-state index in [0.717, 1.165) is 28.2 Å². The molecule has 1 unspecified atom stereocenters. The van der Waals surface area contributed by atoms with Gasteiger partial charge >= 0.3 is 0 Å². The largest absolute Gasteiger partial charge is 0.309 e. The first-order valence-corrected chi connectivity index (χ1v) is 17.4. The van der Waals surface area contributed by atoms with Crippen LogP contribution in [0.25, 0.3) is 60.7 Å². The van der Waals surface area contributed by atoms with E-state index in [4.69, 9.17) is 4.99 Å². The molecule has 7 aromatic carbocycles. The summed E-state index contributed by atoms with van der Waals surface area (Å²) in [4.78, 5) is 5.41. The second-order valence-electron chi connectivity index (χ2n) is 13.2. The second kappa shape index (κ2) is 12.3. The first-order chi connectivity index (χ1) is 24.6. The maximum atomic E-state index is 5.41. The van der Waals surface area contributed by atoms with Gasteiger partial charge < -0.3 is 4.57 Å². The number of nitrogens with zero attached hydrogens (tertiary/aromatic N) is 2. The van der Waals surface area contributed by atoms with Gasteiger partial charge in [0.2, 0.25) is 0 Å². The Kier molecular flexibility index (Phi) is 7.36. The van der Waals surface area contributed by atoms with E-state index in [1.165, 1.54) is 60.4 Å². The molecule has 1 aliphatic rings. The van der Waals surface area contributed by atoms with E-state index in [1.807, 2.05) is 0 Å². The zero-order valence-corrected chi connectivity index (χ0v) is 28.2. The molecular formula is C48H36N2. The van der Waals surface area contributed by atoms with Crippen molar-refractivity contribution in [3.8, 4) is 16.8 Å². The van der Waals surface area contributed by atoms with Crippen molar-refractivity contribution >= 4 is 49.6 Å². The lowest BCUT2D eigenvalue weighted by Crippen LogP contribution is -2.03. The van der Waals surface area contributed by atoms with Crippen molar-refractivity contribution in [1.29, 1.82) is 0 Å². The third kappa shape index (κ3) is 5.09. The van der Waals surface area contributed by atoms with E-state index in [-0.39, 0.29) is 5.92 Å². The highest BCUT2D eigenvalue weighted by molar-refractivity contribution is 6.16. The number of allylic oxidation sites excluding steroid dienone is 3. The molecule has 2 nitrogen and oxygen atoms in total. The molecule has 0 amide bonds. The molecule has 0 saturated carbocycles. The Bertz CT molecular complexity index is 2570. The van der Waals surface area contributed by atoms with Crippen molar-refractivity contribution in [3.63, 3.8) is 0 Å². The summed E-state index contributed by atoms with van der Waals surface area (Å²) in [6, 6.07) is 61.0. The van der Waals surface area contributed by atoms with Crippen LogP contribution in [0.1, 0.15) is 30.5 Å². The molecule has 0 radical (unpaired) electrons. The molecular weight excluding hydrogens is 605 g/mol. The van der Waals surface area contributed by atoms with Crippen LogP contribution in [0.5, 0.6) is 0 Å². The van der Waals surface area contributed by atoms with Crippen LogP contribution in [0.3, 0.4) is 0 Å². The van der Waals surface area contributed by atoms with Crippen LogP contribution in [0.4, 0.5) is 0 Å². The van der Waals surface area contributed by atoms with Crippen molar-refractivity contribution in [1.82, 2.24) is 4.57 Å². The lowest BCUT2D eigenvalue weighted by molar-refractivity contribution is 0.890. The molecule has 0 N–H and O–H groups in total. The molecule has 0 saturated heterocycles. The van der Waals surface area contributed by atoms with E-state index in [1.54, 1.807) is 0 Å². The molecule has 1 atom stereocenters. The molecule has 8 aromatic rings. The van der Waals surface area contributed by atoms with Crippen LogP contribution < -0.4 is 0 Å². The predicted molar refractivity (Wildman–Crippen MR) is 213 cm³/mol. The van der Waals surface area contributed by atoms with Crippen LogP contribution in [-0.4, -0.2) is 10.3 Å². The number of aliphatic imine (C=N–C) groups is 1. The smallest absolute Gasteiger partial charge is 0.0712 e. The van der Waals surface area contributed by atoms with Crippen LogP contribution >= 0.6 is 0 Å². The van der Waals surface area contributed by atoms with Crippen LogP contribution in [0, 0.1) is 5.92 Å². The average Bonchev–Trinajstić information content (AvgIpc) is 3.45. The summed E-state index contributed by atoms with van der Waals surface area (Å²) in [6.45, 7) is 4.57. The molecule has 2 heteroatoms. The summed E-state index contributed by atoms with van der Waals surface area (Å²) in [5.41, 5.74) is 14.1. The van der Waals surface area contributed by atoms with E-state index < -0.39 is 0 Å². The SMILES string of the molecule is CC1=C(c2ccc(-c3ccc(-n4c5ccccc5c5ccccc54)cc3)cc2)N=C(c2ccccc2)C=C(c2cccc3ccccc23)C1C. The normalized spacial score (nSPS) is 15.0. The van der Waals surface area contributed by atoms with Gasteiger partial charge in [0.25, 0.3) is 0 Å². The van der Waals surface area contributed by atoms with Crippen molar-refractivity contribution in [2.45, 2.75) is 13.8 Å². The summed E-state index contributed by atoms with van der Waals surface area (Å²) in [5.74, 6) is 0.175. The summed E-state index contributed by atoms with van der Waals surface area (Å²) < 4.78 is 2.36. The van der Waals surface area contributed by atoms with E-state index >= 15 is 0 Å². The summed E-state index contributed by atoms with van der Waals surface area (Å²) in [5, 5.41) is 5.07. The monoisotopic (exact) mass is 640 g/mol. The van der Waals surface area contributed by atoms with Gasteiger partial charge in [-0.1, -0.05) is 153 Å². The Morgan fingerprint density at radius 3 is 1.70 bits per heavy atom. The highest BCUT2D eigenvalue weighted by Crippen LogP contribution is 2.40. The van der Waals surface area contributed by atoms with Gasteiger partial charge in [-0.2, -0.15) is 0 Å². The quantitative estimate of drug-likeness (QED) is 0.178. The first kappa shape index (κ1) is 29.9. The zero-order valence-electron chi connectivity index (χ0n) is 28.2. The molecule has 1 aliphatic heterocycles. The summed E-state index contributed by atoms with van der Waals surface area (Å²) >= 11 is 0. The number of hydrogen-bond donors (Lipinski definition) is 0. The third-order valence-electron chi connectivity index (χ3n) is 10.4. The average molecular weight is 641 g/mol. The van der Waals surface area contributed by atoms with E-state index in [2.05, 4.69) is 194 Å². The standard InChI is InChI=1S/C48H36N2/c1-32-33(2)48(49-45(37-14-4-3-5-15-37)31-44(32)41-20-12-16-36-13-6-7-17-40(36)41)38-25-23-34(24-26-38)35-27-29-39(30-28-35)50-46-21-10-8-18-42(46)43-19-9-11-22-47(43)50/h3-32H,1-2H3. The van der Waals surface area contributed by atoms with Gasteiger partial charge in [-0.15, -0.1) is 0 Å².